The van der Waals surface area contributed by atoms with Crippen LogP contribution in [0.1, 0.15) is 10.4 Å². The van der Waals surface area contributed by atoms with E-state index in [1.165, 1.54) is 32.4 Å². The number of fused-ring (bicyclic) bond motifs is 1. The third kappa shape index (κ3) is 2.39. The largest absolute Gasteiger partial charge is 0.692 e. The number of carboxylic acids is 1. The molecule has 8 nitrogen and oxygen atoms in total. The molecule has 1 heterocycles. The van der Waals surface area contributed by atoms with Gasteiger partial charge in [-0.25, -0.2) is 4.79 Å². The first kappa shape index (κ1) is 14.6. The van der Waals surface area contributed by atoms with Gasteiger partial charge in [-0.05, 0) is 29.1 Å². The second kappa shape index (κ2) is 5.48. The molecule has 0 saturated carbocycles. The Morgan fingerprint density at radius 2 is 2.00 bits per heavy atom. The molecule has 0 spiro atoms. The fourth-order valence-electron chi connectivity index (χ4n) is 2.24. The first-order valence-corrected chi connectivity index (χ1v) is 6.63. The smallest absolute Gasteiger partial charge is 0.335 e. The van der Waals surface area contributed by atoms with Crippen molar-refractivity contribution >= 4 is 17.0 Å². The van der Waals surface area contributed by atoms with E-state index in [0.29, 0.717) is 22.0 Å². The van der Waals surface area contributed by atoms with Crippen molar-refractivity contribution in [2.75, 3.05) is 14.2 Å². The van der Waals surface area contributed by atoms with Crippen LogP contribution in [0.2, 0.25) is 0 Å². The van der Waals surface area contributed by atoms with E-state index in [4.69, 9.17) is 14.6 Å². The number of aromatic carboxylic acids is 1. The van der Waals surface area contributed by atoms with Gasteiger partial charge in [-0.3, -0.25) is 0 Å². The molecule has 3 rings (SSSR count). The van der Waals surface area contributed by atoms with Crippen molar-refractivity contribution in [2.45, 2.75) is 0 Å². The monoisotopic (exact) mass is 315 g/mol. The fourth-order valence-corrected chi connectivity index (χ4v) is 2.24. The minimum atomic E-state index is -1.08. The molecule has 1 N–H and O–H groups in total. The Balaban J connectivity index is 2.20. The van der Waals surface area contributed by atoms with E-state index in [2.05, 4.69) is 5.10 Å². The minimum Gasteiger partial charge on any atom is -0.692 e. The van der Waals surface area contributed by atoms with Crippen LogP contribution in [-0.4, -0.2) is 35.2 Å². The van der Waals surface area contributed by atoms with Gasteiger partial charge < -0.3 is 19.8 Å². The third-order valence-corrected chi connectivity index (χ3v) is 3.41. The van der Waals surface area contributed by atoms with Gasteiger partial charge in [0, 0.05) is 12.1 Å². The first-order chi connectivity index (χ1) is 11.0. The fraction of sp³-hybridized carbons (Fsp3) is 0.133. The van der Waals surface area contributed by atoms with E-state index in [9.17, 15) is 10.0 Å². The number of carbonyl (C=O) groups is 1. The predicted molar refractivity (Wildman–Crippen MR) is 80.1 cm³/mol. The van der Waals surface area contributed by atoms with Crippen molar-refractivity contribution in [2.24, 2.45) is 0 Å². The third-order valence-electron chi connectivity index (χ3n) is 3.41. The second-order valence-electron chi connectivity index (χ2n) is 4.71. The molecule has 0 aliphatic carbocycles. The van der Waals surface area contributed by atoms with E-state index >= 15 is 0 Å². The standard InChI is InChI=1S/C15H13N3O5/c1-22-10-4-6-13(14(8-10)23-2)17-16-11-7-9(15(19)20)3-5-12(11)18(17)21/h3-8H,1-2H3,(H,19,20). The summed E-state index contributed by atoms with van der Waals surface area (Å²) in [5.41, 5.74) is 1.01. The van der Waals surface area contributed by atoms with Crippen LogP contribution in [0.4, 0.5) is 0 Å². The van der Waals surface area contributed by atoms with Crippen molar-refractivity contribution in [3.63, 3.8) is 0 Å². The minimum absolute atomic E-state index is 0.0597. The summed E-state index contributed by atoms with van der Waals surface area (Å²) in [5.74, 6) is -0.103. The van der Waals surface area contributed by atoms with Crippen molar-refractivity contribution in [1.82, 2.24) is 9.90 Å². The van der Waals surface area contributed by atoms with Crippen LogP contribution in [0.5, 0.6) is 11.5 Å². The van der Waals surface area contributed by atoms with Crippen LogP contribution in [0.3, 0.4) is 0 Å². The highest BCUT2D eigenvalue weighted by Gasteiger charge is 2.21. The number of aromatic nitrogens is 3. The lowest BCUT2D eigenvalue weighted by Gasteiger charge is -2.09. The number of rotatable bonds is 4. The molecular weight excluding hydrogens is 302 g/mol. The molecule has 0 aliphatic rings. The molecule has 1 aromatic heterocycles. The highest BCUT2D eigenvalue weighted by molar-refractivity contribution is 5.91. The Bertz CT molecular complexity index is 904. The summed E-state index contributed by atoms with van der Waals surface area (Å²) < 4.78 is 10.4. The lowest BCUT2D eigenvalue weighted by Crippen LogP contribution is -2.37. The van der Waals surface area contributed by atoms with Gasteiger partial charge in [0.05, 0.1) is 24.9 Å². The van der Waals surface area contributed by atoms with Crippen LogP contribution >= 0.6 is 0 Å². The highest BCUT2D eigenvalue weighted by Crippen LogP contribution is 2.27. The number of ether oxygens (including phenoxy) is 2. The zero-order chi connectivity index (χ0) is 16.6. The van der Waals surface area contributed by atoms with E-state index in [1.807, 2.05) is 0 Å². The molecule has 0 unspecified atom stereocenters. The van der Waals surface area contributed by atoms with E-state index in [1.54, 1.807) is 18.2 Å². The Morgan fingerprint density at radius 3 is 2.65 bits per heavy atom. The average molecular weight is 315 g/mol. The van der Waals surface area contributed by atoms with Gasteiger partial charge in [-0.2, -0.15) is 0 Å². The molecule has 0 radical (unpaired) electrons. The molecule has 2 aromatic carbocycles. The number of nitrogens with zero attached hydrogens (tertiary/aromatic N) is 3. The van der Waals surface area contributed by atoms with Crippen molar-refractivity contribution < 1.29 is 24.2 Å². The second-order valence-corrected chi connectivity index (χ2v) is 4.71. The zero-order valence-corrected chi connectivity index (χ0v) is 12.4. The summed E-state index contributed by atoms with van der Waals surface area (Å²) in [7, 11) is 3.00. The molecule has 0 aliphatic heterocycles. The number of carboxylic acid groups (broad SMARTS) is 1. The Kier molecular flexibility index (Phi) is 3.49. The van der Waals surface area contributed by atoms with E-state index in [-0.39, 0.29) is 16.6 Å². The van der Waals surface area contributed by atoms with Gasteiger partial charge in [0.25, 0.3) is 5.52 Å². The summed E-state index contributed by atoms with van der Waals surface area (Å²) in [6.45, 7) is 0. The van der Waals surface area contributed by atoms with Gasteiger partial charge in [0.1, 0.15) is 5.75 Å². The van der Waals surface area contributed by atoms with Crippen LogP contribution in [0.15, 0.2) is 36.4 Å². The molecule has 3 aromatic rings. The maximum atomic E-state index is 12.4. The van der Waals surface area contributed by atoms with E-state index in [0.717, 1.165) is 4.80 Å². The molecule has 0 fully saturated rings. The van der Waals surface area contributed by atoms with Crippen LogP contribution in [0, 0.1) is 5.21 Å². The Morgan fingerprint density at radius 1 is 1.22 bits per heavy atom. The molecule has 8 heteroatoms. The number of hydrogen-bond acceptors (Lipinski definition) is 5. The first-order valence-electron chi connectivity index (χ1n) is 6.63. The maximum Gasteiger partial charge on any atom is 0.335 e. The lowest BCUT2D eigenvalue weighted by molar-refractivity contribution is -0.664. The summed E-state index contributed by atoms with van der Waals surface area (Å²) in [4.78, 5) is 12.7. The summed E-state index contributed by atoms with van der Waals surface area (Å²) in [6.07, 6.45) is 0. The maximum absolute atomic E-state index is 12.4. The molecule has 0 saturated heterocycles. The number of benzene rings is 2. The predicted octanol–water partition coefficient (Wildman–Crippen LogP) is 1.37. The Labute approximate surface area is 130 Å². The zero-order valence-electron chi connectivity index (χ0n) is 12.4. The van der Waals surface area contributed by atoms with E-state index < -0.39 is 5.97 Å². The average Bonchev–Trinajstić information content (AvgIpc) is 2.90. The van der Waals surface area contributed by atoms with Crippen molar-refractivity contribution in [3.8, 4) is 17.2 Å². The van der Waals surface area contributed by atoms with Crippen molar-refractivity contribution in [1.29, 1.82) is 0 Å². The number of methoxy groups -OCH3 is 2. The molecule has 118 valence electrons. The summed E-state index contributed by atoms with van der Waals surface area (Å²) in [5, 5.41) is 25.6. The highest BCUT2D eigenvalue weighted by atomic mass is 16.5. The Hall–Kier alpha value is -3.29. The van der Waals surface area contributed by atoms with Gasteiger partial charge in [-0.15, -0.1) is 4.85 Å². The summed E-state index contributed by atoms with van der Waals surface area (Å²) in [6, 6.07) is 9.06. The van der Waals surface area contributed by atoms with Crippen LogP contribution < -0.4 is 14.3 Å². The van der Waals surface area contributed by atoms with Crippen molar-refractivity contribution in [3.05, 3.63) is 47.2 Å². The molecule has 0 bridgehead atoms. The molecule has 0 amide bonds. The van der Waals surface area contributed by atoms with Gasteiger partial charge in [0.2, 0.25) is 5.52 Å². The SMILES string of the molecule is COc1ccc(-n2nc3cc(C(=O)O)ccc3[n+]2[O-])c(OC)c1. The normalized spacial score (nSPS) is 10.7. The van der Waals surface area contributed by atoms with Gasteiger partial charge >= 0.3 is 5.97 Å². The van der Waals surface area contributed by atoms with Gasteiger partial charge in [0.15, 0.2) is 11.4 Å². The molecular formula is C15H13N3O5. The molecule has 0 atom stereocenters. The number of hydrogen-bond donors (Lipinski definition) is 1. The molecule has 23 heavy (non-hydrogen) atoms. The van der Waals surface area contributed by atoms with Crippen LogP contribution in [0.25, 0.3) is 16.7 Å². The van der Waals surface area contributed by atoms with Gasteiger partial charge in [-0.1, -0.05) is 0 Å². The van der Waals surface area contributed by atoms with Crippen LogP contribution in [-0.2, 0) is 0 Å². The topological polar surface area (TPSA) is 101 Å². The quantitative estimate of drug-likeness (QED) is 0.576. The summed E-state index contributed by atoms with van der Waals surface area (Å²) >= 11 is 0. The lowest BCUT2D eigenvalue weighted by atomic mass is 10.2.